The first-order valence-corrected chi connectivity index (χ1v) is 12.0. The van der Waals surface area contributed by atoms with Gasteiger partial charge < -0.3 is 19.5 Å². The number of alkyl halides is 1. The average Bonchev–Trinajstić information content (AvgIpc) is 3.07. The number of nitrogens with zero attached hydrogens (tertiary/aromatic N) is 3. The Bertz CT molecular complexity index is 808. The molecule has 0 amide bonds. The van der Waals surface area contributed by atoms with E-state index in [0.717, 1.165) is 0 Å². The second-order valence-corrected chi connectivity index (χ2v) is 13.5. The minimum atomic E-state index is -1.91. The largest absolute Gasteiger partial charge is 0.414 e. The van der Waals surface area contributed by atoms with Crippen molar-refractivity contribution in [1.29, 1.82) is 0 Å². The highest BCUT2D eigenvalue weighted by Gasteiger charge is 2.41. The van der Waals surface area contributed by atoms with Gasteiger partial charge in [0.15, 0.2) is 14.5 Å². The molecule has 3 heterocycles. The number of fused-ring (bicyclic) bond motifs is 1. The van der Waals surface area contributed by atoms with Gasteiger partial charge in [-0.05, 0) is 24.2 Å². The lowest BCUT2D eigenvalue weighted by molar-refractivity contribution is -0.0328. The number of nitrogens with two attached hydrogens (primary N) is 1. The second-order valence-electron chi connectivity index (χ2n) is 8.30. The van der Waals surface area contributed by atoms with Crippen LogP contribution in [0.15, 0.2) is 12.3 Å². The maximum Gasteiger partial charge on any atom is 0.223 e. The van der Waals surface area contributed by atoms with Gasteiger partial charge in [0.25, 0.3) is 0 Å². The van der Waals surface area contributed by atoms with Gasteiger partial charge in [-0.25, -0.2) is 9.37 Å². The first-order valence-electron chi connectivity index (χ1n) is 8.72. The summed E-state index contributed by atoms with van der Waals surface area (Å²) >= 11 is 6.10. The fourth-order valence-electron chi connectivity index (χ4n) is 2.79. The Kier molecular flexibility index (Phi) is 5.07. The van der Waals surface area contributed by atoms with Crippen LogP contribution in [-0.2, 0) is 9.16 Å². The van der Waals surface area contributed by atoms with E-state index < -0.39 is 20.7 Å². The molecule has 0 aromatic carbocycles. The molecule has 1 aliphatic rings. The van der Waals surface area contributed by atoms with E-state index in [1.807, 2.05) is 0 Å². The molecule has 3 rings (SSSR count). The Morgan fingerprint density at radius 1 is 1.42 bits per heavy atom. The maximum absolute atomic E-state index is 14.7. The predicted molar refractivity (Wildman–Crippen MR) is 104 cm³/mol. The molecule has 144 valence electrons. The van der Waals surface area contributed by atoms with Crippen molar-refractivity contribution in [2.24, 2.45) is 0 Å². The fourth-order valence-corrected chi connectivity index (χ4v) is 4.06. The Labute approximate surface area is 159 Å². The highest BCUT2D eigenvalue weighted by Crippen LogP contribution is 2.39. The quantitative estimate of drug-likeness (QED) is 0.611. The minimum Gasteiger partial charge on any atom is -0.414 e. The van der Waals surface area contributed by atoms with Gasteiger partial charge in [0.05, 0.1) is 18.1 Å². The normalized spacial score (nSPS) is 24.5. The van der Waals surface area contributed by atoms with Gasteiger partial charge in [-0.15, -0.1) is 0 Å². The van der Waals surface area contributed by atoms with Crippen molar-refractivity contribution in [2.45, 2.75) is 63.8 Å². The van der Waals surface area contributed by atoms with Crippen LogP contribution in [0, 0.1) is 0 Å². The highest BCUT2D eigenvalue weighted by molar-refractivity contribution is 6.74. The standard InChI is InChI=1S/C17H26ClFN4O2Si/c1-17(2,3)26(4,5)24-9-10-8-12(19)15(25-10)23-7-6-11-13(18)21-16(20)22-14(11)23/h6-7,10,12,15H,8-9H2,1-5H3,(H2,20,21,22)/t10-,12-,15+/m0/s1. The number of ether oxygens (including phenoxy) is 1. The lowest BCUT2D eigenvalue weighted by Gasteiger charge is -2.36. The van der Waals surface area contributed by atoms with Crippen LogP contribution in [0.5, 0.6) is 0 Å². The lowest BCUT2D eigenvalue weighted by Crippen LogP contribution is -2.42. The monoisotopic (exact) mass is 400 g/mol. The van der Waals surface area contributed by atoms with Crippen LogP contribution < -0.4 is 5.73 Å². The molecule has 1 fully saturated rings. The summed E-state index contributed by atoms with van der Waals surface area (Å²) in [7, 11) is -1.91. The van der Waals surface area contributed by atoms with Crippen molar-refractivity contribution >= 4 is 36.9 Å². The molecule has 9 heteroatoms. The summed E-state index contributed by atoms with van der Waals surface area (Å²) in [5.41, 5.74) is 6.15. The highest BCUT2D eigenvalue weighted by atomic mass is 35.5. The van der Waals surface area contributed by atoms with E-state index in [9.17, 15) is 4.39 Å². The zero-order chi connectivity index (χ0) is 19.3. The SMILES string of the molecule is CC(C)(C)[Si](C)(C)OC[C@@H]1C[C@H](F)[C@H](n2ccc3c(Cl)nc(N)nc32)O1. The topological polar surface area (TPSA) is 75.2 Å². The molecule has 2 aromatic rings. The number of halogens is 2. The molecule has 0 bridgehead atoms. The summed E-state index contributed by atoms with van der Waals surface area (Å²) in [6.45, 7) is 11.3. The van der Waals surface area contributed by atoms with E-state index in [4.69, 9.17) is 26.5 Å². The molecule has 6 nitrogen and oxygen atoms in total. The molecule has 0 saturated carbocycles. The molecule has 0 spiro atoms. The van der Waals surface area contributed by atoms with E-state index in [1.54, 1.807) is 16.8 Å². The summed E-state index contributed by atoms with van der Waals surface area (Å²) in [5.74, 6) is 0.0497. The molecule has 1 aliphatic heterocycles. The Morgan fingerprint density at radius 3 is 2.77 bits per heavy atom. The van der Waals surface area contributed by atoms with Crippen molar-refractivity contribution in [3.05, 3.63) is 17.4 Å². The van der Waals surface area contributed by atoms with E-state index in [2.05, 4.69) is 43.8 Å². The molecular formula is C17H26ClFN4O2Si. The van der Waals surface area contributed by atoms with Gasteiger partial charge in [-0.3, -0.25) is 0 Å². The van der Waals surface area contributed by atoms with Crippen molar-refractivity contribution in [2.75, 3.05) is 12.3 Å². The number of hydrogen-bond donors (Lipinski definition) is 1. The Hall–Kier alpha value is -1.22. The molecule has 1 saturated heterocycles. The Balaban J connectivity index is 1.76. The third kappa shape index (κ3) is 3.60. The predicted octanol–water partition coefficient (Wildman–Crippen LogP) is 4.31. The Morgan fingerprint density at radius 2 is 2.12 bits per heavy atom. The molecule has 26 heavy (non-hydrogen) atoms. The van der Waals surface area contributed by atoms with Gasteiger partial charge in [0.1, 0.15) is 17.0 Å². The van der Waals surface area contributed by atoms with Gasteiger partial charge in [0, 0.05) is 12.6 Å². The van der Waals surface area contributed by atoms with Gasteiger partial charge in [-0.1, -0.05) is 32.4 Å². The smallest absolute Gasteiger partial charge is 0.223 e. The van der Waals surface area contributed by atoms with E-state index >= 15 is 0 Å². The van der Waals surface area contributed by atoms with Crippen LogP contribution in [0.25, 0.3) is 11.0 Å². The first-order chi connectivity index (χ1) is 12.0. The second kappa shape index (κ2) is 6.74. The van der Waals surface area contributed by atoms with Crippen molar-refractivity contribution in [3.8, 4) is 0 Å². The number of aromatic nitrogens is 3. The van der Waals surface area contributed by atoms with Crippen LogP contribution in [0.2, 0.25) is 23.3 Å². The summed E-state index contributed by atoms with van der Waals surface area (Å²) in [6.07, 6.45) is -0.234. The number of rotatable bonds is 4. The molecule has 0 radical (unpaired) electrons. The van der Waals surface area contributed by atoms with Gasteiger partial charge in [0.2, 0.25) is 5.95 Å². The van der Waals surface area contributed by atoms with E-state index in [0.29, 0.717) is 17.6 Å². The van der Waals surface area contributed by atoms with Gasteiger partial charge in [-0.2, -0.15) is 4.98 Å². The molecule has 0 unspecified atom stereocenters. The molecular weight excluding hydrogens is 375 g/mol. The fraction of sp³-hybridized carbons (Fsp3) is 0.647. The van der Waals surface area contributed by atoms with E-state index in [-0.39, 0.29) is 28.7 Å². The summed E-state index contributed by atoms with van der Waals surface area (Å²) in [6, 6.07) is 1.74. The average molecular weight is 401 g/mol. The van der Waals surface area contributed by atoms with Gasteiger partial charge >= 0.3 is 0 Å². The molecule has 2 N–H and O–H groups in total. The van der Waals surface area contributed by atoms with Crippen LogP contribution in [0.3, 0.4) is 0 Å². The van der Waals surface area contributed by atoms with Crippen molar-refractivity contribution < 1.29 is 13.6 Å². The van der Waals surface area contributed by atoms with Crippen molar-refractivity contribution in [1.82, 2.24) is 14.5 Å². The van der Waals surface area contributed by atoms with Crippen LogP contribution in [0.4, 0.5) is 10.3 Å². The van der Waals surface area contributed by atoms with Crippen LogP contribution in [0.1, 0.15) is 33.4 Å². The molecule has 2 aromatic heterocycles. The summed E-state index contributed by atoms with van der Waals surface area (Å²) in [4.78, 5) is 8.12. The van der Waals surface area contributed by atoms with Crippen LogP contribution in [-0.4, -0.2) is 41.7 Å². The zero-order valence-corrected chi connectivity index (χ0v) is 17.5. The van der Waals surface area contributed by atoms with E-state index in [1.165, 1.54) is 0 Å². The summed E-state index contributed by atoms with van der Waals surface area (Å²) in [5, 5.41) is 0.970. The summed E-state index contributed by atoms with van der Waals surface area (Å²) < 4.78 is 28.5. The zero-order valence-electron chi connectivity index (χ0n) is 15.8. The third-order valence-corrected chi connectivity index (χ3v) is 10.2. The first kappa shape index (κ1) is 19.5. The third-order valence-electron chi connectivity index (χ3n) is 5.38. The number of nitrogen functional groups attached to an aromatic ring is 1. The molecule has 0 aliphatic carbocycles. The maximum atomic E-state index is 14.7. The van der Waals surface area contributed by atoms with Crippen molar-refractivity contribution in [3.63, 3.8) is 0 Å². The van der Waals surface area contributed by atoms with Crippen LogP contribution >= 0.6 is 11.6 Å². The number of hydrogen-bond acceptors (Lipinski definition) is 5. The minimum absolute atomic E-state index is 0.0497. The number of anilines is 1. The molecule has 3 atom stereocenters. The lowest BCUT2D eigenvalue weighted by atomic mass is 10.2.